The highest BCUT2D eigenvalue weighted by molar-refractivity contribution is 5.93. The minimum absolute atomic E-state index is 0.0732. The summed E-state index contributed by atoms with van der Waals surface area (Å²) in [7, 11) is 2.12. The minimum atomic E-state index is -0.0732. The summed E-state index contributed by atoms with van der Waals surface area (Å²) in [6.07, 6.45) is 0. The van der Waals surface area contributed by atoms with Crippen molar-refractivity contribution in [1.29, 1.82) is 0 Å². The number of likely N-dealkylation sites (N-methyl/N-ethyl adjacent to an activating group) is 1. The van der Waals surface area contributed by atoms with E-state index in [1.807, 2.05) is 18.2 Å². The van der Waals surface area contributed by atoms with Crippen LogP contribution in [0.5, 0.6) is 0 Å². The summed E-state index contributed by atoms with van der Waals surface area (Å²) in [6, 6.07) is 5.67. The molecular weight excluding hydrogens is 228 g/mol. The van der Waals surface area contributed by atoms with E-state index in [9.17, 15) is 4.79 Å². The molecule has 0 aromatic heterocycles. The van der Waals surface area contributed by atoms with Crippen LogP contribution in [0.4, 0.5) is 17.1 Å². The Morgan fingerprint density at radius 1 is 1.28 bits per heavy atom. The zero-order valence-corrected chi connectivity index (χ0v) is 10.9. The van der Waals surface area contributed by atoms with Crippen molar-refractivity contribution in [2.24, 2.45) is 0 Å². The van der Waals surface area contributed by atoms with Crippen LogP contribution in [0.15, 0.2) is 18.2 Å². The van der Waals surface area contributed by atoms with Crippen molar-refractivity contribution in [2.75, 3.05) is 49.2 Å². The molecule has 1 aromatic rings. The molecule has 1 fully saturated rings. The third-order valence-corrected chi connectivity index (χ3v) is 3.18. The molecule has 3 N–H and O–H groups in total. The Bertz CT molecular complexity index is 439. The lowest BCUT2D eigenvalue weighted by Gasteiger charge is -2.35. The van der Waals surface area contributed by atoms with Gasteiger partial charge in [0, 0.05) is 38.8 Å². The third-order valence-electron chi connectivity index (χ3n) is 3.18. The first-order chi connectivity index (χ1) is 8.56. The van der Waals surface area contributed by atoms with Gasteiger partial charge in [-0.2, -0.15) is 0 Å². The van der Waals surface area contributed by atoms with E-state index in [2.05, 4.69) is 22.2 Å². The van der Waals surface area contributed by atoms with E-state index in [-0.39, 0.29) is 5.91 Å². The molecule has 18 heavy (non-hydrogen) atoms. The molecule has 5 heteroatoms. The quantitative estimate of drug-likeness (QED) is 0.766. The van der Waals surface area contributed by atoms with E-state index in [1.165, 1.54) is 6.92 Å². The largest absolute Gasteiger partial charge is 0.399 e. The molecule has 1 heterocycles. The molecular formula is C13H20N4O. The van der Waals surface area contributed by atoms with Crippen molar-refractivity contribution >= 4 is 23.0 Å². The number of nitrogens with zero attached hydrogens (tertiary/aromatic N) is 2. The SMILES string of the molecule is CC(=O)Nc1cc(N)ccc1N1CCN(C)CC1. The van der Waals surface area contributed by atoms with Gasteiger partial charge in [0.25, 0.3) is 0 Å². The van der Waals surface area contributed by atoms with Gasteiger partial charge in [0.05, 0.1) is 11.4 Å². The number of nitrogens with one attached hydrogen (secondary N) is 1. The lowest BCUT2D eigenvalue weighted by molar-refractivity contribution is -0.114. The maximum absolute atomic E-state index is 11.2. The number of benzene rings is 1. The average molecular weight is 248 g/mol. The topological polar surface area (TPSA) is 61.6 Å². The van der Waals surface area contributed by atoms with Crippen LogP contribution in [-0.2, 0) is 4.79 Å². The maximum Gasteiger partial charge on any atom is 0.221 e. The number of carbonyl (C=O) groups is 1. The normalized spacial score (nSPS) is 16.7. The van der Waals surface area contributed by atoms with E-state index in [1.54, 1.807) is 0 Å². The Morgan fingerprint density at radius 2 is 1.94 bits per heavy atom. The molecule has 0 bridgehead atoms. The summed E-state index contributed by atoms with van der Waals surface area (Å²) in [6.45, 7) is 5.50. The van der Waals surface area contributed by atoms with Crippen LogP contribution in [0.1, 0.15) is 6.92 Å². The number of piperazine rings is 1. The Balaban J connectivity index is 2.23. The molecule has 1 saturated heterocycles. The van der Waals surface area contributed by atoms with Gasteiger partial charge in [-0.3, -0.25) is 4.79 Å². The summed E-state index contributed by atoms with van der Waals surface area (Å²) >= 11 is 0. The molecule has 1 aliphatic heterocycles. The van der Waals surface area contributed by atoms with Crippen LogP contribution in [-0.4, -0.2) is 44.0 Å². The highest BCUT2D eigenvalue weighted by atomic mass is 16.1. The lowest BCUT2D eigenvalue weighted by Crippen LogP contribution is -2.44. The van der Waals surface area contributed by atoms with Gasteiger partial charge in [-0.05, 0) is 25.2 Å². The fourth-order valence-electron chi connectivity index (χ4n) is 2.17. The van der Waals surface area contributed by atoms with Crippen LogP contribution in [0.25, 0.3) is 0 Å². The van der Waals surface area contributed by atoms with Crippen molar-refractivity contribution in [2.45, 2.75) is 6.92 Å². The monoisotopic (exact) mass is 248 g/mol. The lowest BCUT2D eigenvalue weighted by atomic mass is 10.2. The second kappa shape index (κ2) is 5.27. The number of hydrogen-bond acceptors (Lipinski definition) is 4. The number of nitrogen functional groups attached to an aromatic ring is 1. The van der Waals surface area contributed by atoms with E-state index in [4.69, 9.17) is 5.73 Å². The first kappa shape index (κ1) is 12.7. The van der Waals surface area contributed by atoms with Crippen molar-refractivity contribution in [3.8, 4) is 0 Å². The first-order valence-corrected chi connectivity index (χ1v) is 6.17. The Kier molecular flexibility index (Phi) is 3.72. The number of hydrogen-bond donors (Lipinski definition) is 2. The smallest absolute Gasteiger partial charge is 0.221 e. The van der Waals surface area contributed by atoms with Crippen molar-refractivity contribution in [3.63, 3.8) is 0 Å². The highest BCUT2D eigenvalue weighted by Gasteiger charge is 2.17. The molecule has 0 spiro atoms. The summed E-state index contributed by atoms with van der Waals surface area (Å²) < 4.78 is 0. The van der Waals surface area contributed by atoms with Crippen molar-refractivity contribution < 1.29 is 4.79 Å². The van der Waals surface area contributed by atoms with Crippen LogP contribution in [0, 0.1) is 0 Å². The van der Waals surface area contributed by atoms with Crippen LogP contribution < -0.4 is 16.0 Å². The number of carbonyl (C=O) groups excluding carboxylic acids is 1. The molecule has 5 nitrogen and oxygen atoms in total. The van der Waals surface area contributed by atoms with E-state index < -0.39 is 0 Å². The molecule has 1 aliphatic rings. The Morgan fingerprint density at radius 3 is 2.56 bits per heavy atom. The first-order valence-electron chi connectivity index (χ1n) is 6.17. The van der Waals surface area contributed by atoms with Gasteiger partial charge in [0.2, 0.25) is 5.91 Å². The van der Waals surface area contributed by atoms with Gasteiger partial charge in [0.15, 0.2) is 0 Å². The second-order valence-electron chi connectivity index (χ2n) is 4.75. The zero-order chi connectivity index (χ0) is 13.1. The second-order valence-corrected chi connectivity index (χ2v) is 4.75. The van der Waals surface area contributed by atoms with Crippen LogP contribution >= 0.6 is 0 Å². The summed E-state index contributed by atoms with van der Waals surface area (Å²) in [5.74, 6) is -0.0732. The third kappa shape index (κ3) is 2.92. The van der Waals surface area contributed by atoms with Gasteiger partial charge in [-0.1, -0.05) is 0 Å². The van der Waals surface area contributed by atoms with Crippen LogP contribution in [0.3, 0.4) is 0 Å². The molecule has 0 radical (unpaired) electrons. The fraction of sp³-hybridized carbons (Fsp3) is 0.462. The maximum atomic E-state index is 11.2. The number of amides is 1. The summed E-state index contributed by atoms with van der Waals surface area (Å²) in [5.41, 5.74) is 8.29. The number of rotatable bonds is 2. The Labute approximate surface area is 108 Å². The zero-order valence-electron chi connectivity index (χ0n) is 10.9. The molecule has 2 rings (SSSR count). The summed E-state index contributed by atoms with van der Waals surface area (Å²) in [4.78, 5) is 15.8. The van der Waals surface area contributed by atoms with E-state index in [0.717, 1.165) is 37.6 Å². The number of anilines is 3. The predicted octanol–water partition coefficient (Wildman–Crippen LogP) is 0.979. The molecule has 0 atom stereocenters. The predicted molar refractivity (Wildman–Crippen MR) is 74.9 cm³/mol. The van der Waals surface area contributed by atoms with Gasteiger partial charge in [0.1, 0.15) is 0 Å². The van der Waals surface area contributed by atoms with Crippen molar-refractivity contribution in [1.82, 2.24) is 4.90 Å². The minimum Gasteiger partial charge on any atom is -0.399 e. The molecule has 0 aliphatic carbocycles. The molecule has 0 saturated carbocycles. The van der Waals surface area contributed by atoms with Gasteiger partial charge in [-0.15, -0.1) is 0 Å². The fourth-order valence-corrected chi connectivity index (χ4v) is 2.17. The van der Waals surface area contributed by atoms with E-state index in [0.29, 0.717) is 5.69 Å². The van der Waals surface area contributed by atoms with Gasteiger partial charge >= 0.3 is 0 Å². The highest BCUT2D eigenvalue weighted by Crippen LogP contribution is 2.29. The standard InChI is InChI=1S/C13H20N4O/c1-10(18)15-12-9-11(14)3-4-13(12)17-7-5-16(2)6-8-17/h3-4,9H,5-8,14H2,1-2H3,(H,15,18). The molecule has 98 valence electrons. The average Bonchev–Trinajstić information content (AvgIpc) is 2.30. The molecule has 1 aromatic carbocycles. The molecule has 0 unspecified atom stereocenters. The van der Waals surface area contributed by atoms with E-state index >= 15 is 0 Å². The van der Waals surface area contributed by atoms with Crippen LogP contribution in [0.2, 0.25) is 0 Å². The van der Waals surface area contributed by atoms with Gasteiger partial charge in [-0.25, -0.2) is 0 Å². The molecule has 1 amide bonds. The Hall–Kier alpha value is -1.75. The number of nitrogens with two attached hydrogens (primary N) is 1. The summed E-state index contributed by atoms with van der Waals surface area (Å²) in [5, 5.41) is 2.85. The van der Waals surface area contributed by atoms with Gasteiger partial charge < -0.3 is 20.9 Å². The van der Waals surface area contributed by atoms with Crippen molar-refractivity contribution in [3.05, 3.63) is 18.2 Å².